The van der Waals surface area contributed by atoms with Crippen LogP contribution < -0.4 is 9.96 Å². The van der Waals surface area contributed by atoms with Crippen LogP contribution >= 0.6 is 0 Å². The van der Waals surface area contributed by atoms with Crippen molar-refractivity contribution in [2.75, 3.05) is 28.2 Å². The highest BCUT2D eigenvalue weighted by Crippen LogP contribution is 2.15. The minimum absolute atomic E-state index is 0.660. The van der Waals surface area contributed by atoms with E-state index in [-0.39, 0.29) is 0 Å². The van der Waals surface area contributed by atoms with E-state index in [1.807, 2.05) is 14.1 Å². The number of nitrogens with zero attached hydrogens (tertiary/aromatic N) is 1. The molecule has 0 aliphatic heterocycles. The maximum Gasteiger partial charge on any atom is 0.285 e. The number of hydrogen-bond donors (Lipinski definition) is 2. The van der Waals surface area contributed by atoms with Crippen LogP contribution in [0.2, 0.25) is 5.54 Å². The van der Waals surface area contributed by atoms with Crippen LogP contribution in [0.25, 0.3) is 0 Å². The van der Waals surface area contributed by atoms with Crippen molar-refractivity contribution in [3.8, 4) is 0 Å². The highest BCUT2D eigenvalue weighted by molar-refractivity contribution is 6.73. The molecular formula is C7H21N3Si. The molecule has 0 radical (unpaired) electrons. The zero-order valence-electron chi connectivity index (χ0n) is 8.52. The smallest absolute Gasteiger partial charge is 0.285 e. The predicted molar refractivity (Wildman–Crippen MR) is 52.7 cm³/mol. The normalized spacial score (nSPS) is 13.1. The van der Waals surface area contributed by atoms with Crippen molar-refractivity contribution >= 4 is 8.56 Å². The third kappa shape index (κ3) is 2.02. The summed E-state index contributed by atoms with van der Waals surface area (Å²) in [5.74, 6) is 0. The maximum absolute atomic E-state index is 3.42. The summed E-state index contributed by atoms with van der Waals surface area (Å²) in [6.45, 7) is 4.50. The van der Waals surface area contributed by atoms with Gasteiger partial charge in [0.2, 0.25) is 0 Å². The summed E-state index contributed by atoms with van der Waals surface area (Å²) in [4.78, 5) is 6.84. The van der Waals surface area contributed by atoms with Crippen LogP contribution in [-0.4, -0.2) is 41.3 Å². The molecule has 0 saturated carbocycles. The Labute approximate surface area is 71.4 Å². The largest absolute Gasteiger partial charge is 0.316 e. The molecule has 0 unspecified atom stereocenters. The van der Waals surface area contributed by atoms with Crippen LogP contribution in [0.1, 0.15) is 13.8 Å². The zero-order chi connectivity index (χ0) is 9.07. The molecular weight excluding hydrogens is 154 g/mol. The quantitative estimate of drug-likeness (QED) is 0.603. The molecule has 0 aromatic carbocycles. The summed E-state index contributed by atoms with van der Waals surface area (Å²) in [5, 5.41) is 0. The van der Waals surface area contributed by atoms with E-state index >= 15 is 0 Å². The van der Waals surface area contributed by atoms with Crippen LogP contribution in [0.3, 0.4) is 0 Å². The molecule has 2 N–H and O–H groups in total. The summed E-state index contributed by atoms with van der Waals surface area (Å²) in [6, 6.07) is 0. The molecule has 0 fully saturated rings. The zero-order valence-corrected chi connectivity index (χ0v) is 9.52. The van der Waals surface area contributed by atoms with Crippen molar-refractivity contribution in [1.82, 2.24) is 14.5 Å². The van der Waals surface area contributed by atoms with Gasteiger partial charge in [0, 0.05) is 0 Å². The molecule has 4 heteroatoms. The molecule has 0 aliphatic rings. The SMILES string of the molecule is CN[Si](NC)(C(C)C)N(C)C. The van der Waals surface area contributed by atoms with Crippen molar-refractivity contribution in [2.24, 2.45) is 0 Å². The van der Waals surface area contributed by atoms with E-state index in [1.54, 1.807) is 0 Å². The number of rotatable bonds is 4. The van der Waals surface area contributed by atoms with E-state index in [0.29, 0.717) is 5.54 Å². The first-order chi connectivity index (χ1) is 5.01. The summed E-state index contributed by atoms with van der Waals surface area (Å²) < 4.78 is 2.29. The first kappa shape index (κ1) is 11.1. The summed E-state index contributed by atoms with van der Waals surface area (Å²) >= 11 is 0. The Morgan fingerprint density at radius 1 is 1.09 bits per heavy atom. The Morgan fingerprint density at radius 3 is 1.45 bits per heavy atom. The van der Waals surface area contributed by atoms with Gasteiger partial charge in [-0.25, -0.2) is 0 Å². The lowest BCUT2D eigenvalue weighted by atomic mass is 10.6. The average molecular weight is 175 g/mol. The minimum Gasteiger partial charge on any atom is -0.316 e. The predicted octanol–water partition coefficient (Wildman–Crippen LogP) is 0.336. The molecule has 0 spiro atoms. The first-order valence-corrected chi connectivity index (χ1v) is 6.09. The van der Waals surface area contributed by atoms with Crippen molar-refractivity contribution in [3.05, 3.63) is 0 Å². The van der Waals surface area contributed by atoms with Crippen molar-refractivity contribution in [1.29, 1.82) is 0 Å². The van der Waals surface area contributed by atoms with E-state index in [4.69, 9.17) is 0 Å². The summed E-state index contributed by atoms with van der Waals surface area (Å²) in [5.41, 5.74) is 0.660. The minimum atomic E-state index is -1.56. The fraction of sp³-hybridized carbons (Fsp3) is 1.00. The lowest BCUT2D eigenvalue weighted by Crippen LogP contribution is -2.71. The fourth-order valence-corrected chi connectivity index (χ4v) is 5.00. The molecule has 0 bridgehead atoms. The van der Waals surface area contributed by atoms with E-state index in [9.17, 15) is 0 Å². The molecule has 0 rings (SSSR count). The van der Waals surface area contributed by atoms with Gasteiger partial charge in [-0.3, -0.25) is 0 Å². The molecule has 68 valence electrons. The molecule has 0 amide bonds. The van der Waals surface area contributed by atoms with Gasteiger partial charge < -0.3 is 14.5 Å². The highest BCUT2D eigenvalue weighted by Gasteiger charge is 2.37. The third-order valence-electron chi connectivity index (χ3n) is 2.30. The second kappa shape index (κ2) is 4.20. The molecule has 0 heterocycles. The van der Waals surface area contributed by atoms with Gasteiger partial charge in [-0.1, -0.05) is 13.8 Å². The van der Waals surface area contributed by atoms with Crippen molar-refractivity contribution < 1.29 is 0 Å². The number of hydrogen-bond acceptors (Lipinski definition) is 3. The Bertz CT molecular complexity index is 100. The van der Waals surface area contributed by atoms with Gasteiger partial charge in [0.15, 0.2) is 0 Å². The Balaban J connectivity index is 4.46. The van der Waals surface area contributed by atoms with E-state index < -0.39 is 8.56 Å². The van der Waals surface area contributed by atoms with Gasteiger partial charge in [-0.05, 0) is 33.7 Å². The summed E-state index contributed by atoms with van der Waals surface area (Å²) in [6.07, 6.45) is 0. The van der Waals surface area contributed by atoms with Crippen LogP contribution in [0.5, 0.6) is 0 Å². The topological polar surface area (TPSA) is 27.3 Å². The van der Waals surface area contributed by atoms with E-state index in [2.05, 4.69) is 42.5 Å². The molecule has 0 saturated heterocycles. The third-order valence-corrected chi connectivity index (χ3v) is 6.91. The molecule has 0 atom stereocenters. The van der Waals surface area contributed by atoms with E-state index in [0.717, 1.165) is 0 Å². The van der Waals surface area contributed by atoms with Gasteiger partial charge in [0.05, 0.1) is 0 Å². The lowest BCUT2D eigenvalue weighted by molar-refractivity contribution is 0.549. The second-order valence-electron chi connectivity index (χ2n) is 3.32. The molecule has 3 nitrogen and oxygen atoms in total. The van der Waals surface area contributed by atoms with Gasteiger partial charge in [-0.2, -0.15) is 0 Å². The average Bonchev–Trinajstić information content (AvgIpc) is 1.90. The Morgan fingerprint density at radius 2 is 1.45 bits per heavy atom. The van der Waals surface area contributed by atoms with Crippen LogP contribution in [0.4, 0.5) is 0 Å². The maximum atomic E-state index is 3.42. The monoisotopic (exact) mass is 175 g/mol. The molecule has 0 aromatic rings. The molecule has 0 aliphatic carbocycles. The highest BCUT2D eigenvalue weighted by atomic mass is 28.4. The van der Waals surface area contributed by atoms with Gasteiger partial charge in [0.25, 0.3) is 8.56 Å². The van der Waals surface area contributed by atoms with Crippen LogP contribution in [0, 0.1) is 0 Å². The van der Waals surface area contributed by atoms with Crippen molar-refractivity contribution in [3.63, 3.8) is 0 Å². The standard InChI is InChI=1S/C7H21N3Si/c1-7(2)11(8-3,9-4)10(5)6/h7-9H,1-6H3. The Hall–Kier alpha value is 0.0969. The fourth-order valence-electron chi connectivity index (χ4n) is 1.67. The molecule has 0 aromatic heterocycles. The molecule has 11 heavy (non-hydrogen) atoms. The van der Waals surface area contributed by atoms with Gasteiger partial charge in [0.1, 0.15) is 0 Å². The van der Waals surface area contributed by atoms with Gasteiger partial charge >= 0.3 is 0 Å². The van der Waals surface area contributed by atoms with Crippen LogP contribution in [0.15, 0.2) is 0 Å². The van der Waals surface area contributed by atoms with Crippen molar-refractivity contribution in [2.45, 2.75) is 19.4 Å². The number of nitrogens with one attached hydrogen (secondary N) is 2. The van der Waals surface area contributed by atoms with Crippen LogP contribution in [-0.2, 0) is 0 Å². The second-order valence-corrected chi connectivity index (χ2v) is 7.90. The van der Waals surface area contributed by atoms with E-state index in [1.165, 1.54) is 0 Å². The Kier molecular flexibility index (Phi) is 4.24. The first-order valence-electron chi connectivity index (χ1n) is 4.06. The lowest BCUT2D eigenvalue weighted by Gasteiger charge is -2.39. The summed E-state index contributed by atoms with van der Waals surface area (Å²) in [7, 11) is 6.74. The van der Waals surface area contributed by atoms with Gasteiger partial charge in [-0.15, -0.1) is 0 Å².